The zero-order chi connectivity index (χ0) is 10.1. The predicted octanol–water partition coefficient (Wildman–Crippen LogP) is 1.63. The molecule has 0 fully saturated rings. The summed E-state index contributed by atoms with van der Waals surface area (Å²) >= 11 is 0. The molecule has 4 nitrogen and oxygen atoms in total. The molecule has 0 unspecified atom stereocenters. The van der Waals surface area contributed by atoms with Gasteiger partial charge < -0.3 is 5.11 Å². The summed E-state index contributed by atoms with van der Waals surface area (Å²) in [4.78, 5) is 0. The number of nitrogens with zero attached hydrogens (tertiary/aromatic N) is 3. The Kier molecular flexibility index (Phi) is 1.86. The van der Waals surface area contributed by atoms with Crippen LogP contribution in [0.4, 0.5) is 0 Å². The van der Waals surface area contributed by atoms with E-state index in [1.54, 1.807) is 22.9 Å². The van der Waals surface area contributed by atoms with Crippen molar-refractivity contribution in [3.63, 3.8) is 0 Å². The molecule has 1 aromatic heterocycles. The van der Waals surface area contributed by atoms with E-state index in [1.807, 2.05) is 6.92 Å². The summed E-state index contributed by atoms with van der Waals surface area (Å²) in [6.45, 7) is 2.57. The first kappa shape index (κ1) is 8.57. The van der Waals surface area contributed by atoms with E-state index < -0.39 is 0 Å². The number of benzene rings is 1. The van der Waals surface area contributed by atoms with Gasteiger partial charge in [0.25, 0.3) is 0 Å². The molecule has 4 heteroatoms. The fraction of sp³-hybridized carbons (Fsp3) is 0.200. The monoisotopic (exact) mass is 187 g/mol. The van der Waals surface area contributed by atoms with Gasteiger partial charge in [-0.05, 0) is 25.1 Å². The van der Waals surface area contributed by atoms with E-state index >= 15 is 0 Å². The van der Waals surface area contributed by atoms with Crippen molar-refractivity contribution in [2.45, 2.75) is 13.5 Å². The quantitative estimate of drug-likeness (QED) is 0.738. The summed E-state index contributed by atoms with van der Waals surface area (Å²) in [5, 5.41) is 23.1. The Morgan fingerprint density at radius 1 is 1.57 bits per heavy atom. The zero-order valence-electron chi connectivity index (χ0n) is 7.73. The fourth-order valence-electron chi connectivity index (χ4n) is 1.47. The summed E-state index contributed by atoms with van der Waals surface area (Å²) in [6, 6.07) is 6.92. The minimum atomic E-state index is 0.157. The van der Waals surface area contributed by atoms with Crippen LogP contribution in [-0.4, -0.2) is 14.9 Å². The van der Waals surface area contributed by atoms with E-state index in [1.165, 1.54) is 0 Å². The van der Waals surface area contributed by atoms with E-state index in [-0.39, 0.29) is 5.75 Å². The maximum atomic E-state index is 9.29. The minimum absolute atomic E-state index is 0.157. The van der Waals surface area contributed by atoms with Gasteiger partial charge >= 0.3 is 0 Å². The van der Waals surface area contributed by atoms with Crippen molar-refractivity contribution in [2.75, 3.05) is 0 Å². The van der Waals surface area contributed by atoms with E-state index in [9.17, 15) is 5.11 Å². The number of hydrogen-bond acceptors (Lipinski definition) is 3. The minimum Gasteiger partial charge on any atom is -0.508 e. The number of nitriles is 1. The number of hydrogen-bond donors (Lipinski definition) is 1. The highest BCUT2D eigenvalue weighted by Gasteiger charge is 2.09. The molecule has 1 N–H and O–H groups in total. The number of phenols is 1. The summed E-state index contributed by atoms with van der Waals surface area (Å²) in [7, 11) is 0. The number of rotatable bonds is 1. The van der Waals surface area contributed by atoms with Gasteiger partial charge in [-0.25, -0.2) is 0 Å². The lowest BCUT2D eigenvalue weighted by atomic mass is 10.2. The first-order valence-electron chi connectivity index (χ1n) is 4.36. The van der Waals surface area contributed by atoms with Gasteiger partial charge in [-0.3, -0.25) is 4.68 Å². The Morgan fingerprint density at radius 2 is 2.36 bits per heavy atom. The number of phenolic OH excluding ortho intramolecular Hbond substituents is 1. The molecule has 0 atom stereocenters. The van der Waals surface area contributed by atoms with Crippen LogP contribution in [0.2, 0.25) is 0 Å². The Hall–Kier alpha value is -2.02. The number of fused-ring (bicyclic) bond motifs is 1. The van der Waals surface area contributed by atoms with Gasteiger partial charge in [0.2, 0.25) is 0 Å². The largest absolute Gasteiger partial charge is 0.508 e. The lowest BCUT2D eigenvalue weighted by Gasteiger charge is -1.94. The maximum absolute atomic E-state index is 9.29. The first-order valence-corrected chi connectivity index (χ1v) is 4.36. The number of aromatic nitrogens is 2. The Bertz CT molecular complexity index is 522. The van der Waals surface area contributed by atoms with Crippen molar-refractivity contribution in [3.8, 4) is 11.8 Å². The van der Waals surface area contributed by atoms with E-state index in [0.29, 0.717) is 17.6 Å². The molecule has 0 amide bonds. The SMILES string of the molecule is CCn1nc2ccc(O)cc2c1C#N. The topological polar surface area (TPSA) is 61.8 Å². The lowest BCUT2D eigenvalue weighted by Crippen LogP contribution is -1.98. The van der Waals surface area contributed by atoms with Gasteiger partial charge in [-0.2, -0.15) is 10.4 Å². The van der Waals surface area contributed by atoms with Crippen molar-refractivity contribution in [2.24, 2.45) is 0 Å². The summed E-state index contributed by atoms with van der Waals surface area (Å²) < 4.78 is 1.63. The molecule has 0 radical (unpaired) electrons. The first-order chi connectivity index (χ1) is 6.76. The Labute approximate surface area is 81.0 Å². The van der Waals surface area contributed by atoms with Crippen LogP contribution in [0.1, 0.15) is 12.6 Å². The van der Waals surface area contributed by atoms with Crippen molar-refractivity contribution < 1.29 is 5.11 Å². The molecule has 0 bridgehead atoms. The number of aromatic hydroxyl groups is 1. The molecule has 70 valence electrons. The van der Waals surface area contributed by atoms with E-state index in [0.717, 1.165) is 5.52 Å². The summed E-state index contributed by atoms with van der Waals surface area (Å²) in [6.07, 6.45) is 0. The second-order valence-electron chi connectivity index (χ2n) is 2.98. The van der Waals surface area contributed by atoms with Crippen LogP contribution in [0, 0.1) is 11.3 Å². The third-order valence-corrected chi connectivity index (χ3v) is 2.13. The standard InChI is InChI=1S/C10H9N3O/c1-2-13-10(6-11)8-5-7(14)3-4-9(8)12-13/h3-5,14H,2H2,1H3. The number of aryl methyl sites for hydroxylation is 1. The van der Waals surface area contributed by atoms with Crippen molar-refractivity contribution in [1.82, 2.24) is 9.78 Å². The molecular formula is C10H9N3O. The second kappa shape index (κ2) is 3.04. The van der Waals surface area contributed by atoms with Crippen molar-refractivity contribution in [1.29, 1.82) is 5.26 Å². The fourth-order valence-corrected chi connectivity index (χ4v) is 1.47. The van der Waals surface area contributed by atoms with Crippen LogP contribution in [-0.2, 0) is 6.54 Å². The molecule has 1 aromatic carbocycles. The average Bonchev–Trinajstić information content (AvgIpc) is 2.54. The third-order valence-electron chi connectivity index (χ3n) is 2.13. The maximum Gasteiger partial charge on any atom is 0.146 e. The van der Waals surface area contributed by atoms with Crippen LogP contribution in [0.3, 0.4) is 0 Å². The highest BCUT2D eigenvalue weighted by molar-refractivity contribution is 5.85. The van der Waals surface area contributed by atoms with Crippen LogP contribution in [0.25, 0.3) is 10.9 Å². The van der Waals surface area contributed by atoms with Gasteiger partial charge in [-0.15, -0.1) is 0 Å². The van der Waals surface area contributed by atoms with Crippen LogP contribution in [0.15, 0.2) is 18.2 Å². The molecule has 2 rings (SSSR count). The van der Waals surface area contributed by atoms with Gasteiger partial charge in [0.05, 0.1) is 5.52 Å². The molecule has 0 aliphatic carbocycles. The average molecular weight is 187 g/mol. The van der Waals surface area contributed by atoms with Crippen LogP contribution < -0.4 is 0 Å². The molecule has 0 spiro atoms. The molecule has 0 aliphatic heterocycles. The molecular weight excluding hydrogens is 178 g/mol. The molecule has 2 aromatic rings. The highest BCUT2D eigenvalue weighted by atomic mass is 16.3. The third kappa shape index (κ3) is 1.11. The van der Waals surface area contributed by atoms with E-state index in [2.05, 4.69) is 11.2 Å². The van der Waals surface area contributed by atoms with Crippen LogP contribution >= 0.6 is 0 Å². The lowest BCUT2D eigenvalue weighted by molar-refractivity contribution is 0.476. The van der Waals surface area contributed by atoms with Gasteiger partial charge in [0, 0.05) is 11.9 Å². The molecule has 0 saturated heterocycles. The summed E-state index contributed by atoms with van der Waals surface area (Å²) in [5.74, 6) is 0.157. The zero-order valence-corrected chi connectivity index (χ0v) is 7.73. The van der Waals surface area contributed by atoms with Gasteiger partial charge in [0.15, 0.2) is 0 Å². The predicted molar refractivity (Wildman–Crippen MR) is 51.8 cm³/mol. The van der Waals surface area contributed by atoms with Gasteiger partial charge in [0.1, 0.15) is 17.5 Å². The Morgan fingerprint density at radius 3 is 3.00 bits per heavy atom. The van der Waals surface area contributed by atoms with Crippen molar-refractivity contribution in [3.05, 3.63) is 23.9 Å². The Balaban J connectivity index is 2.83. The normalized spacial score (nSPS) is 10.3. The molecule has 0 aliphatic rings. The molecule has 0 saturated carbocycles. The molecule has 14 heavy (non-hydrogen) atoms. The summed E-state index contributed by atoms with van der Waals surface area (Å²) in [5.41, 5.74) is 1.24. The van der Waals surface area contributed by atoms with Crippen molar-refractivity contribution >= 4 is 10.9 Å². The smallest absolute Gasteiger partial charge is 0.146 e. The highest BCUT2D eigenvalue weighted by Crippen LogP contribution is 2.22. The second-order valence-corrected chi connectivity index (χ2v) is 2.98. The van der Waals surface area contributed by atoms with E-state index in [4.69, 9.17) is 5.26 Å². The van der Waals surface area contributed by atoms with Crippen LogP contribution in [0.5, 0.6) is 5.75 Å². The van der Waals surface area contributed by atoms with Gasteiger partial charge in [-0.1, -0.05) is 0 Å². The molecule has 1 heterocycles.